The highest BCUT2D eigenvalue weighted by Crippen LogP contribution is 2.56. The van der Waals surface area contributed by atoms with E-state index < -0.39 is 0 Å². The minimum Gasteiger partial charge on any atom is -0.351 e. The molecule has 3 unspecified atom stereocenters. The molecule has 2 saturated carbocycles. The Bertz CT molecular complexity index is 985. The third kappa shape index (κ3) is 3.27. The predicted octanol–water partition coefficient (Wildman–Crippen LogP) is 7.44. The minimum atomic E-state index is 0.127. The van der Waals surface area contributed by atoms with Gasteiger partial charge in [0, 0.05) is 17.1 Å². The van der Waals surface area contributed by atoms with Crippen molar-refractivity contribution in [3.8, 4) is 0 Å². The van der Waals surface area contributed by atoms with Gasteiger partial charge in [0.25, 0.3) is 0 Å². The molecule has 0 N–H and O–H groups in total. The number of anilines is 1. The topological polar surface area (TPSA) is 6.48 Å². The molecule has 2 heterocycles. The zero-order valence-electron chi connectivity index (χ0n) is 20.5. The number of nitrogens with zero attached hydrogens (tertiary/aromatic N) is 2. The Balaban J connectivity index is 1.49. The van der Waals surface area contributed by atoms with Crippen LogP contribution in [-0.4, -0.2) is 23.1 Å². The van der Waals surface area contributed by atoms with Gasteiger partial charge in [-0.3, -0.25) is 0 Å². The molecule has 4 aliphatic rings. The van der Waals surface area contributed by atoms with Gasteiger partial charge >= 0.3 is 0 Å². The largest absolute Gasteiger partial charge is 0.351 e. The zero-order valence-corrected chi connectivity index (χ0v) is 20.5. The van der Waals surface area contributed by atoms with Crippen molar-refractivity contribution in [1.29, 1.82) is 0 Å². The third-order valence-corrected chi connectivity index (χ3v) is 9.59. The molecule has 3 fully saturated rings. The molecule has 0 aromatic heterocycles. The van der Waals surface area contributed by atoms with Crippen molar-refractivity contribution in [2.75, 3.05) is 4.90 Å². The van der Waals surface area contributed by atoms with Gasteiger partial charge in [0.1, 0.15) is 6.17 Å². The van der Waals surface area contributed by atoms with Crippen LogP contribution in [0, 0.1) is 18.8 Å². The molecule has 6 rings (SSSR count). The summed E-state index contributed by atoms with van der Waals surface area (Å²) in [6, 6.07) is 21.7. The summed E-state index contributed by atoms with van der Waals surface area (Å²) in [5.41, 5.74) is 4.54. The number of hydrogen-bond donors (Lipinski definition) is 0. The fraction of sp³-hybridized carbons (Fsp3) is 0.548. The molecule has 2 aliphatic carbocycles. The first-order chi connectivity index (χ1) is 16.2. The monoisotopic (exact) mass is 440 g/mol. The van der Waals surface area contributed by atoms with E-state index in [0.717, 1.165) is 11.8 Å². The number of fused-ring (bicyclic) bond motifs is 1. The Morgan fingerprint density at radius 3 is 2.18 bits per heavy atom. The van der Waals surface area contributed by atoms with Crippen LogP contribution in [0.2, 0.25) is 0 Å². The normalized spacial score (nSPS) is 32.6. The minimum absolute atomic E-state index is 0.127. The summed E-state index contributed by atoms with van der Waals surface area (Å²) < 4.78 is 0. The molecular weight excluding hydrogens is 400 g/mol. The molecule has 174 valence electrons. The van der Waals surface area contributed by atoms with Gasteiger partial charge in [-0.05, 0) is 74.8 Å². The van der Waals surface area contributed by atoms with E-state index in [4.69, 9.17) is 0 Å². The van der Waals surface area contributed by atoms with Crippen LogP contribution in [0.5, 0.6) is 0 Å². The van der Waals surface area contributed by atoms with E-state index >= 15 is 0 Å². The second kappa shape index (κ2) is 8.53. The van der Waals surface area contributed by atoms with Crippen molar-refractivity contribution in [3.05, 3.63) is 78.0 Å². The first-order valence-corrected chi connectivity index (χ1v) is 13.6. The predicted molar refractivity (Wildman–Crippen MR) is 138 cm³/mol. The molecular formula is C31H40N2. The van der Waals surface area contributed by atoms with Gasteiger partial charge < -0.3 is 9.80 Å². The second-order valence-electron chi connectivity index (χ2n) is 11.2. The second-order valence-corrected chi connectivity index (χ2v) is 11.2. The average molecular weight is 441 g/mol. The molecule has 0 radical (unpaired) electrons. The van der Waals surface area contributed by atoms with Crippen LogP contribution in [0.1, 0.15) is 75.8 Å². The van der Waals surface area contributed by atoms with Crippen molar-refractivity contribution in [3.63, 3.8) is 0 Å². The Hall–Kier alpha value is -2.22. The van der Waals surface area contributed by atoms with Crippen LogP contribution in [0.15, 0.2) is 66.9 Å². The number of aryl methyl sites for hydroxylation is 1. The van der Waals surface area contributed by atoms with Gasteiger partial charge in [-0.15, -0.1) is 0 Å². The van der Waals surface area contributed by atoms with Gasteiger partial charge in [-0.25, -0.2) is 0 Å². The zero-order chi connectivity index (χ0) is 22.4. The number of hydrogen-bond acceptors (Lipinski definition) is 2. The molecule has 2 nitrogen and oxygen atoms in total. The molecule has 2 aliphatic heterocycles. The van der Waals surface area contributed by atoms with Crippen LogP contribution in [0.4, 0.5) is 5.69 Å². The maximum absolute atomic E-state index is 2.85. The maximum Gasteiger partial charge on any atom is 0.105 e. The lowest BCUT2D eigenvalue weighted by Crippen LogP contribution is -2.50. The van der Waals surface area contributed by atoms with E-state index in [2.05, 4.69) is 90.5 Å². The molecule has 0 amide bonds. The van der Waals surface area contributed by atoms with Crippen LogP contribution < -0.4 is 4.90 Å². The number of para-hydroxylation sites is 1. The molecule has 0 spiro atoms. The fourth-order valence-corrected chi connectivity index (χ4v) is 8.21. The molecule has 33 heavy (non-hydrogen) atoms. The van der Waals surface area contributed by atoms with Gasteiger partial charge in [0.2, 0.25) is 0 Å². The van der Waals surface area contributed by atoms with Gasteiger partial charge in [-0.1, -0.05) is 86.7 Å². The standard InChI is InChI=1S/C31H40N2/c1-23-13-9-12-20-28(23)33-24(2)29-31(27-18-10-11-19-27,26-16-7-4-8-17-26)21-22-32(29)30(33)25-14-5-3-6-15-25/h4,7-9,12-13,16-17,20-22,24-25,27,29-30H,3,5-6,10-11,14-15,18-19H2,1-2H3/t24-,29?,30?,31?/m0/s1. The number of benzene rings is 2. The maximum atomic E-state index is 2.85. The van der Waals surface area contributed by atoms with Gasteiger partial charge in [0.05, 0.1) is 6.04 Å². The Labute approximate surface area is 200 Å². The molecule has 2 aromatic carbocycles. The summed E-state index contributed by atoms with van der Waals surface area (Å²) in [6.45, 7) is 4.84. The average Bonchev–Trinajstić information content (AvgIpc) is 3.58. The van der Waals surface area contributed by atoms with Crippen molar-refractivity contribution in [2.45, 2.75) is 95.3 Å². The van der Waals surface area contributed by atoms with E-state index in [1.807, 2.05) is 0 Å². The SMILES string of the molecule is Cc1ccccc1N1C(C2CCCCC2)N2C=CC(c3ccccc3)(C3CCCC3)C2[C@@H]1C. The van der Waals surface area contributed by atoms with Crippen molar-refractivity contribution in [2.24, 2.45) is 11.8 Å². The van der Waals surface area contributed by atoms with Crippen molar-refractivity contribution >= 4 is 5.69 Å². The highest BCUT2D eigenvalue weighted by Gasteiger charge is 2.60. The summed E-state index contributed by atoms with van der Waals surface area (Å²) in [5.74, 6) is 1.50. The van der Waals surface area contributed by atoms with Crippen LogP contribution >= 0.6 is 0 Å². The first-order valence-electron chi connectivity index (χ1n) is 13.6. The van der Waals surface area contributed by atoms with E-state index in [9.17, 15) is 0 Å². The van der Waals surface area contributed by atoms with Crippen LogP contribution in [0.25, 0.3) is 0 Å². The summed E-state index contributed by atoms with van der Waals surface area (Å²) >= 11 is 0. The Morgan fingerprint density at radius 2 is 1.45 bits per heavy atom. The smallest absolute Gasteiger partial charge is 0.105 e. The lowest BCUT2D eigenvalue weighted by Gasteiger charge is -2.43. The molecule has 2 heteroatoms. The molecule has 2 aromatic rings. The quantitative estimate of drug-likeness (QED) is 0.487. The van der Waals surface area contributed by atoms with E-state index in [1.165, 1.54) is 69.0 Å². The summed E-state index contributed by atoms with van der Waals surface area (Å²) in [6.07, 6.45) is 18.2. The van der Waals surface area contributed by atoms with Crippen molar-refractivity contribution in [1.82, 2.24) is 4.90 Å². The molecule has 4 atom stereocenters. The summed E-state index contributed by atoms with van der Waals surface area (Å²) in [4.78, 5) is 5.70. The van der Waals surface area contributed by atoms with E-state index in [1.54, 1.807) is 5.56 Å². The van der Waals surface area contributed by atoms with Crippen LogP contribution in [0.3, 0.4) is 0 Å². The highest BCUT2D eigenvalue weighted by molar-refractivity contribution is 5.58. The van der Waals surface area contributed by atoms with E-state index in [-0.39, 0.29) is 5.41 Å². The lowest BCUT2D eigenvalue weighted by atomic mass is 9.64. The molecule has 0 bridgehead atoms. The van der Waals surface area contributed by atoms with Gasteiger partial charge in [0.15, 0.2) is 0 Å². The third-order valence-electron chi connectivity index (χ3n) is 9.59. The number of rotatable bonds is 4. The lowest BCUT2D eigenvalue weighted by molar-refractivity contribution is 0.141. The van der Waals surface area contributed by atoms with E-state index in [0.29, 0.717) is 18.2 Å². The molecule has 1 saturated heterocycles. The fourth-order valence-electron chi connectivity index (χ4n) is 8.21. The van der Waals surface area contributed by atoms with Crippen LogP contribution in [-0.2, 0) is 5.41 Å². The van der Waals surface area contributed by atoms with Crippen molar-refractivity contribution < 1.29 is 0 Å². The van der Waals surface area contributed by atoms with Gasteiger partial charge in [-0.2, -0.15) is 0 Å². The summed E-state index contributed by atoms with van der Waals surface area (Å²) in [5, 5.41) is 0. The Morgan fingerprint density at radius 1 is 0.788 bits per heavy atom. The first kappa shape index (κ1) is 21.3. The summed E-state index contributed by atoms with van der Waals surface area (Å²) in [7, 11) is 0. The highest BCUT2D eigenvalue weighted by atomic mass is 15.5. The Kier molecular flexibility index (Phi) is 5.51.